The van der Waals surface area contributed by atoms with Gasteiger partial charge in [-0.05, 0) is 36.3 Å². The molecule has 2 heteroatoms. The zero-order valence-electron chi connectivity index (χ0n) is 13.0. The van der Waals surface area contributed by atoms with Crippen molar-refractivity contribution >= 4 is 16.5 Å². The molecule has 2 aromatic carbocycles. The molecule has 1 fully saturated rings. The van der Waals surface area contributed by atoms with Gasteiger partial charge in [0.25, 0.3) is 0 Å². The van der Waals surface area contributed by atoms with E-state index in [1.54, 1.807) is 0 Å². The van der Waals surface area contributed by atoms with Crippen molar-refractivity contribution in [2.45, 2.75) is 51.6 Å². The molecule has 1 atom stereocenters. The molecule has 2 N–H and O–H groups in total. The van der Waals surface area contributed by atoms with Crippen LogP contribution in [0.5, 0.6) is 0 Å². The highest BCUT2D eigenvalue weighted by atomic mass is 15.2. The maximum absolute atomic E-state index is 5.91. The van der Waals surface area contributed by atoms with Crippen LogP contribution in [-0.4, -0.2) is 12.6 Å². The first-order valence-corrected chi connectivity index (χ1v) is 8.32. The van der Waals surface area contributed by atoms with E-state index in [2.05, 4.69) is 48.2 Å². The van der Waals surface area contributed by atoms with Gasteiger partial charge < -0.3 is 10.6 Å². The first-order valence-electron chi connectivity index (χ1n) is 8.32. The van der Waals surface area contributed by atoms with Crippen molar-refractivity contribution in [2.24, 2.45) is 5.73 Å². The molecule has 0 saturated carbocycles. The number of rotatable bonds is 3. The predicted molar refractivity (Wildman–Crippen MR) is 91.7 cm³/mol. The summed E-state index contributed by atoms with van der Waals surface area (Å²) in [6.45, 7) is 4.11. The van der Waals surface area contributed by atoms with Gasteiger partial charge >= 0.3 is 0 Å². The van der Waals surface area contributed by atoms with Crippen molar-refractivity contribution in [1.29, 1.82) is 0 Å². The zero-order valence-corrected chi connectivity index (χ0v) is 13.0. The molecule has 1 aliphatic heterocycles. The Morgan fingerprint density at radius 2 is 1.86 bits per heavy atom. The molecule has 0 aromatic heterocycles. The first kappa shape index (κ1) is 14.4. The molecule has 1 unspecified atom stereocenters. The van der Waals surface area contributed by atoms with Gasteiger partial charge in [0.2, 0.25) is 0 Å². The van der Waals surface area contributed by atoms with Crippen LogP contribution < -0.4 is 10.6 Å². The number of fused-ring (bicyclic) bond motifs is 1. The Morgan fingerprint density at radius 1 is 1.05 bits per heavy atom. The van der Waals surface area contributed by atoms with Gasteiger partial charge in [0.15, 0.2) is 0 Å². The molecule has 0 amide bonds. The van der Waals surface area contributed by atoms with Crippen LogP contribution >= 0.6 is 0 Å². The monoisotopic (exact) mass is 282 g/mol. The van der Waals surface area contributed by atoms with Gasteiger partial charge in [-0.1, -0.05) is 50.1 Å². The molecule has 0 aliphatic carbocycles. The summed E-state index contributed by atoms with van der Waals surface area (Å²) in [6, 6.07) is 13.9. The highest BCUT2D eigenvalue weighted by Crippen LogP contribution is 2.33. The van der Waals surface area contributed by atoms with Gasteiger partial charge in [-0.2, -0.15) is 0 Å². The van der Waals surface area contributed by atoms with Crippen molar-refractivity contribution in [3.8, 4) is 0 Å². The van der Waals surface area contributed by atoms with E-state index in [0.717, 1.165) is 0 Å². The molecule has 3 rings (SSSR count). The molecule has 2 nitrogen and oxygen atoms in total. The van der Waals surface area contributed by atoms with Crippen LogP contribution in [0.4, 0.5) is 5.69 Å². The maximum Gasteiger partial charge on any atom is 0.0448 e. The summed E-state index contributed by atoms with van der Waals surface area (Å²) in [6.07, 6.45) is 6.60. The minimum atomic E-state index is 0.609. The Bertz CT molecular complexity index is 606. The molecular formula is C19H26N2. The second kappa shape index (κ2) is 6.48. The van der Waals surface area contributed by atoms with Crippen molar-refractivity contribution < 1.29 is 0 Å². The number of hydrogen-bond acceptors (Lipinski definition) is 2. The highest BCUT2D eigenvalue weighted by Gasteiger charge is 2.21. The van der Waals surface area contributed by atoms with Gasteiger partial charge in [-0.15, -0.1) is 0 Å². The molecule has 1 aliphatic rings. The minimum Gasteiger partial charge on any atom is -0.368 e. The fourth-order valence-electron chi connectivity index (χ4n) is 3.69. The molecule has 2 aromatic rings. The first-order chi connectivity index (χ1) is 10.3. The van der Waals surface area contributed by atoms with Gasteiger partial charge in [0, 0.05) is 30.2 Å². The molecule has 0 bridgehead atoms. The summed E-state index contributed by atoms with van der Waals surface area (Å²) in [4.78, 5) is 2.65. The molecule has 0 spiro atoms. The molecular weight excluding hydrogens is 256 g/mol. The standard InChI is InChI=1S/C19H26N2/c1-2-16-8-4-3-7-13-21(16)19-12-11-15(14-20)17-9-5-6-10-18(17)19/h5-6,9-12,16H,2-4,7-8,13-14,20H2,1H3. The summed E-state index contributed by atoms with van der Waals surface area (Å²) >= 11 is 0. The molecule has 0 radical (unpaired) electrons. The van der Waals surface area contributed by atoms with Crippen LogP contribution in [0.1, 0.15) is 44.6 Å². The van der Waals surface area contributed by atoms with Gasteiger partial charge in [0.1, 0.15) is 0 Å². The number of nitrogens with two attached hydrogens (primary N) is 1. The third kappa shape index (κ3) is 2.77. The maximum atomic E-state index is 5.91. The summed E-state index contributed by atoms with van der Waals surface area (Å²) in [7, 11) is 0. The van der Waals surface area contributed by atoms with Gasteiger partial charge in [-0.3, -0.25) is 0 Å². The van der Waals surface area contributed by atoms with E-state index >= 15 is 0 Å². The van der Waals surface area contributed by atoms with E-state index in [0.29, 0.717) is 12.6 Å². The van der Waals surface area contributed by atoms with Crippen molar-refractivity contribution in [3.05, 3.63) is 42.0 Å². The van der Waals surface area contributed by atoms with Crippen LogP contribution in [0.15, 0.2) is 36.4 Å². The summed E-state index contributed by atoms with van der Waals surface area (Å²) in [5.41, 5.74) is 8.56. The Labute approximate surface area is 127 Å². The smallest absolute Gasteiger partial charge is 0.0448 e. The quantitative estimate of drug-likeness (QED) is 0.900. The number of hydrogen-bond donors (Lipinski definition) is 1. The van der Waals surface area contributed by atoms with E-state index < -0.39 is 0 Å². The number of nitrogens with zero attached hydrogens (tertiary/aromatic N) is 1. The second-order valence-corrected chi connectivity index (χ2v) is 6.10. The Hall–Kier alpha value is -1.54. The molecule has 21 heavy (non-hydrogen) atoms. The van der Waals surface area contributed by atoms with E-state index in [1.165, 1.54) is 60.7 Å². The third-order valence-corrected chi connectivity index (χ3v) is 4.87. The van der Waals surface area contributed by atoms with Gasteiger partial charge in [0.05, 0.1) is 0 Å². The molecule has 112 valence electrons. The third-order valence-electron chi connectivity index (χ3n) is 4.87. The van der Waals surface area contributed by atoms with Crippen LogP contribution in [0.3, 0.4) is 0 Å². The van der Waals surface area contributed by atoms with Crippen molar-refractivity contribution in [1.82, 2.24) is 0 Å². The van der Waals surface area contributed by atoms with E-state index in [9.17, 15) is 0 Å². The van der Waals surface area contributed by atoms with Gasteiger partial charge in [-0.25, -0.2) is 0 Å². The van der Waals surface area contributed by atoms with Crippen molar-refractivity contribution in [2.75, 3.05) is 11.4 Å². The normalized spacial score (nSPS) is 19.7. The summed E-state index contributed by atoms with van der Waals surface area (Å²) < 4.78 is 0. The molecule has 1 saturated heterocycles. The SMILES string of the molecule is CCC1CCCCCN1c1ccc(CN)c2ccccc12. The Kier molecular flexibility index (Phi) is 4.45. The predicted octanol–water partition coefficient (Wildman–Crippen LogP) is 4.46. The number of anilines is 1. The molecule has 1 heterocycles. The minimum absolute atomic E-state index is 0.609. The Morgan fingerprint density at radius 3 is 2.62 bits per heavy atom. The topological polar surface area (TPSA) is 29.3 Å². The lowest BCUT2D eigenvalue weighted by molar-refractivity contribution is 0.557. The van der Waals surface area contributed by atoms with E-state index in [1.807, 2.05) is 0 Å². The fraction of sp³-hybridized carbons (Fsp3) is 0.474. The van der Waals surface area contributed by atoms with Crippen LogP contribution in [0.2, 0.25) is 0 Å². The Balaban J connectivity index is 2.10. The lowest BCUT2D eigenvalue weighted by atomic mass is 10.00. The highest BCUT2D eigenvalue weighted by molar-refractivity contribution is 5.96. The fourth-order valence-corrected chi connectivity index (χ4v) is 3.69. The van der Waals surface area contributed by atoms with Crippen molar-refractivity contribution in [3.63, 3.8) is 0 Å². The lowest BCUT2D eigenvalue weighted by Crippen LogP contribution is -2.34. The second-order valence-electron chi connectivity index (χ2n) is 6.10. The zero-order chi connectivity index (χ0) is 14.7. The number of benzene rings is 2. The van der Waals surface area contributed by atoms with Crippen LogP contribution in [0, 0.1) is 0 Å². The largest absolute Gasteiger partial charge is 0.368 e. The van der Waals surface area contributed by atoms with Crippen LogP contribution in [-0.2, 0) is 6.54 Å². The summed E-state index contributed by atoms with van der Waals surface area (Å²) in [5, 5.41) is 2.68. The van der Waals surface area contributed by atoms with E-state index in [4.69, 9.17) is 5.73 Å². The van der Waals surface area contributed by atoms with E-state index in [-0.39, 0.29) is 0 Å². The summed E-state index contributed by atoms with van der Waals surface area (Å²) in [5.74, 6) is 0. The average Bonchev–Trinajstić information content (AvgIpc) is 2.79. The van der Waals surface area contributed by atoms with Crippen LogP contribution in [0.25, 0.3) is 10.8 Å². The average molecular weight is 282 g/mol. The lowest BCUT2D eigenvalue weighted by Gasteiger charge is -2.33.